The van der Waals surface area contributed by atoms with Crippen molar-refractivity contribution in [2.45, 2.75) is 12.8 Å². The van der Waals surface area contributed by atoms with Crippen LogP contribution in [-0.4, -0.2) is 105 Å². The first-order valence-electron chi connectivity index (χ1n) is 12.4. The number of aromatic nitrogens is 3. The second kappa shape index (κ2) is 11.6. The normalized spacial score (nSPS) is 19.1. The average molecular weight is 484 g/mol. The smallest absolute Gasteiger partial charge is 0.274 e. The molecule has 0 radical (unpaired) electrons. The Labute approximate surface area is 205 Å². The molecule has 35 heavy (non-hydrogen) atoms. The van der Waals surface area contributed by atoms with Gasteiger partial charge in [0.1, 0.15) is 18.1 Å². The Morgan fingerprint density at radius 2 is 1.69 bits per heavy atom. The Hall–Kier alpha value is -3.02. The SMILES string of the molecule is O=C(Nc1ccnc(N2CCCC2)c1)c1cc(OCCN2CCOCC2)nc(N2CCOCC2)n1. The van der Waals surface area contributed by atoms with E-state index in [2.05, 4.69) is 30.1 Å². The van der Waals surface area contributed by atoms with E-state index in [1.165, 1.54) is 0 Å². The van der Waals surface area contributed by atoms with E-state index in [-0.39, 0.29) is 11.6 Å². The summed E-state index contributed by atoms with van der Waals surface area (Å²) < 4.78 is 16.8. The number of ether oxygens (including phenoxy) is 3. The predicted octanol–water partition coefficient (Wildman–Crippen LogP) is 1.27. The van der Waals surface area contributed by atoms with Gasteiger partial charge in [0.2, 0.25) is 11.8 Å². The number of anilines is 3. The van der Waals surface area contributed by atoms with E-state index in [1.54, 1.807) is 18.3 Å². The maximum Gasteiger partial charge on any atom is 0.274 e. The van der Waals surface area contributed by atoms with Crippen molar-refractivity contribution in [3.63, 3.8) is 0 Å². The average Bonchev–Trinajstić information content (AvgIpc) is 3.45. The molecular weight excluding hydrogens is 450 g/mol. The molecule has 0 atom stereocenters. The Bertz CT molecular complexity index is 990. The fraction of sp³-hybridized carbons (Fsp3) is 0.583. The number of nitrogens with one attached hydrogen (secondary N) is 1. The fourth-order valence-electron chi connectivity index (χ4n) is 4.42. The molecule has 5 heterocycles. The minimum Gasteiger partial charge on any atom is -0.476 e. The third-order valence-electron chi connectivity index (χ3n) is 6.41. The molecule has 0 aromatic carbocycles. The van der Waals surface area contributed by atoms with Crippen molar-refractivity contribution in [3.05, 3.63) is 30.1 Å². The summed E-state index contributed by atoms with van der Waals surface area (Å²) in [5.41, 5.74) is 0.954. The standard InChI is InChI=1S/C24H33N7O4/c32-23(26-19-3-4-25-21(17-19)30-5-1-2-6-30)20-18-22(35-16-9-29-7-12-33-13-8-29)28-24(27-20)31-10-14-34-15-11-31/h3-4,17-18H,1-2,5-16H2,(H,25,26,32). The molecule has 5 rings (SSSR count). The molecule has 2 aromatic heterocycles. The van der Waals surface area contributed by atoms with Gasteiger partial charge in [0.25, 0.3) is 5.91 Å². The van der Waals surface area contributed by atoms with Crippen LogP contribution in [0, 0.1) is 0 Å². The number of carbonyl (C=O) groups is 1. The summed E-state index contributed by atoms with van der Waals surface area (Å²) in [4.78, 5) is 33.4. The minimum absolute atomic E-state index is 0.266. The van der Waals surface area contributed by atoms with Crippen LogP contribution in [0.2, 0.25) is 0 Å². The number of nitrogens with zero attached hydrogens (tertiary/aromatic N) is 6. The third-order valence-corrected chi connectivity index (χ3v) is 6.41. The van der Waals surface area contributed by atoms with E-state index in [4.69, 9.17) is 14.2 Å². The van der Waals surface area contributed by atoms with Crippen LogP contribution >= 0.6 is 0 Å². The molecule has 11 nitrogen and oxygen atoms in total. The number of carbonyl (C=O) groups excluding carboxylic acids is 1. The van der Waals surface area contributed by atoms with E-state index < -0.39 is 0 Å². The molecular formula is C24H33N7O4. The molecule has 0 unspecified atom stereocenters. The Morgan fingerprint density at radius 1 is 0.943 bits per heavy atom. The molecule has 3 aliphatic rings. The van der Waals surface area contributed by atoms with Crippen LogP contribution in [0.4, 0.5) is 17.5 Å². The van der Waals surface area contributed by atoms with Crippen molar-refractivity contribution >= 4 is 23.4 Å². The summed E-state index contributed by atoms with van der Waals surface area (Å²) in [6, 6.07) is 5.31. The van der Waals surface area contributed by atoms with Gasteiger partial charge in [-0.1, -0.05) is 0 Å². The van der Waals surface area contributed by atoms with Gasteiger partial charge in [-0.15, -0.1) is 0 Å². The molecule has 0 aliphatic carbocycles. The van der Waals surface area contributed by atoms with E-state index in [9.17, 15) is 4.79 Å². The summed E-state index contributed by atoms with van der Waals surface area (Å²) in [6.45, 7) is 9.05. The van der Waals surface area contributed by atoms with Gasteiger partial charge >= 0.3 is 0 Å². The van der Waals surface area contributed by atoms with Crippen molar-refractivity contribution in [2.75, 3.05) is 94.0 Å². The summed E-state index contributed by atoms with van der Waals surface area (Å²) in [7, 11) is 0. The Kier molecular flexibility index (Phi) is 7.86. The molecule has 0 saturated carbocycles. The van der Waals surface area contributed by atoms with Crippen molar-refractivity contribution in [3.8, 4) is 5.88 Å². The van der Waals surface area contributed by atoms with E-state index >= 15 is 0 Å². The molecule has 1 amide bonds. The lowest BCUT2D eigenvalue weighted by Gasteiger charge is -2.27. The van der Waals surface area contributed by atoms with Crippen LogP contribution in [0.1, 0.15) is 23.3 Å². The van der Waals surface area contributed by atoms with E-state index in [0.29, 0.717) is 50.4 Å². The van der Waals surface area contributed by atoms with Crippen LogP contribution < -0.4 is 19.9 Å². The highest BCUT2D eigenvalue weighted by Gasteiger charge is 2.20. The molecule has 0 spiro atoms. The Morgan fingerprint density at radius 3 is 2.46 bits per heavy atom. The lowest BCUT2D eigenvalue weighted by Crippen LogP contribution is -2.39. The van der Waals surface area contributed by atoms with Crippen LogP contribution in [0.15, 0.2) is 24.4 Å². The first-order valence-corrected chi connectivity index (χ1v) is 12.4. The lowest BCUT2D eigenvalue weighted by molar-refractivity contribution is 0.0320. The first kappa shape index (κ1) is 23.7. The second-order valence-electron chi connectivity index (χ2n) is 8.84. The molecule has 3 fully saturated rings. The third kappa shape index (κ3) is 6.36. The van der Waals surface area contributed by atoms with Gasteiger partial charge in [-0.05, 0) is 18.9 Å². The van der Waals surface area contributed by atoms with Crippen molar-refractivity contribution in [1.82, 2.24) is 19.9 Å². The maximum absolute atomic E-state index is 13.2. The zero-order chi connectivity index (χ0) is 23.9. The van der Waals surface area contributed by atoms with E-state index in [1.807, 2.05) is 11.0 Å². The lowest BCUT2D eigenvalue weighted by atomic mass is 10.3. The molecule has 3 aliphatic heterocycles. The number of hydrogen-bond acceptors (Lipinski definition) is 10. The number of morpholine rings is 2. The van der Waals surface area contributed by atoms with Crippen molar-refractivity contribution in [2.24, 2.45) is 0 Å². The zero-order valence-corrected chi connectivity index (χ0v) is 20.0. The largest absolute Gasteiger partial charge is 0.476 e. The molecule has 188 valence electrons. The Balaban J connectivity index is 1.30. The van der Waals surface area contributed by atoms with Crippen LogP contribution in [0.3, 0.4) is 0 Å². The summed E-state index contributed by atoms with van der Waals surface area (Å²) in [5.74, 6) is 1.45. The van der Waals surface area contributed by atoms with Gasteiger partial charge in [-0.25, -0.2) is 9.97 Å². The zero-order valence-electron chi connectivity index (χ0n) is 20.0. The fourth-order valence-corrected chi connectivity index (χ4v) is 4.42. The molecule has 1 N–H and O–H groups in total. The molecule has 3 saturated heterocycles. The van der Waals surface area contributed by atoms with Crippen molar-refractivity contribution < 1.29 is 19.0 Å². The number of amides is 1. The second-order valence-corrected chi connectivity index (χ2v) is 8.84. The minimum atomic E-state index is -0.307. The molecule has 11 heteroatoms. The monoisotopic (exact) mass is 483 g/mol. The van der Waals surface area contributed by atoms with Gasteiger partial charge in [-0.3, -0.25) is 9.69 Å². The maximum atomic E-state index is 13.2. The number of pyridine rings is 1. The van der Waals surface area contributed by atoms with Gasteiger partial charge in [0, 0.05) is 69.8 Å². The van der Waals surface area contributed by atoms with E-state index in [0.717, 1.165) is 64.6 Å². The number of hydrogen-bond donors (Lipinski definition) is 1. The predicted molar refractivity (Wildman–Crippen MR) is 131 cm³/mol. The number of rotatable bonds is 8. The quantitative estimate of drug-likeness (QED) is 0.590. The molecule has 2 aromatic rings. The highest BCUT2D eigenvalue weighted by molar-refractivity contribution is 6.03. The topological polar surface area (TPSA) is 105 Å². The van der Waals surface area contributed by atoms with Crippen LogP contribution in [-0.2, 0) is 9.47 Å². The van der Waals surface area contributed by atoms with Crippen LogP contribution in [0.5, 0.6) is 5.88 Å². The summed E-state index contributed by atoms with van der Waals surface area (Å²) in [6.07, 6.45) is 4.05. The molecule has 0 bridgehead atoms. The van der Waals surface area contributed by atoms with Crippen molar-refractivity contribution in [1.29, 1.82) is 0 Å². The summed E-state index contributed by atoms with van der Waals surface area (Å²) in [5, 5.41) is 2.97. The van der Waals surface area contributed by atoms with Crippen LogP contribution in [0.25, 0.3) is 0 Å². The summed E-state index contributed by atoms with van der Waals surface area (Å²) >= 11 is 0. The van der Waals surface area contributed by atoms with Gasteiger partial charge in [-0.2, -0.15) is 4.98 Å². The highest BCUT2D eigenvalue weighted by Crippen LogP contribution is 2.22. The van der Waals surface area contributed by atoms with Gasteiger partial charge in [0.05, 0.1) is 26.4 Å². The highest BCUT2D eigenvalue weighted by atomic mass is 16.5. The first-order chi connectivity index (χ1) is 17.2. The van der Waals surface area contributed by atoms with Gasteiger partial charge in [0.15, 0.2) is 0 Å². The van der Waals surface area contributed by atoms with Gasteiger partial charge < -0.3 is 29.3 Å².